The minimum Gasteiger partial charge on any atom is -0.409 e. The molecule has 0 unspecified atom stereocenters. The molecule has 1 N–H and O–H groups in total. The summed E-state index contributed by atoms with van der Waals surface area (Å²) >= 11 is 1.68. The molecule has 3 nitrogen and oxygen atoms in total. The monoisotopic (exact) mass is 239 g/mol. The zero-order valence-electron chi connectivity index (χ0n) is 9.87. The molecule has 1 saturated carbocycles. The Labute approximate surface area is 99.8 Å². The SMILES string of the molecule is CC(C)(C)NC(=O)Oc1csc(C2CC2)c1. The number of hydrogen-bond donors (Lipinski definition) is 1. The minimum atomic E-state index is -0.382. The molecule has 0 atom stereocenters. The summed E-state index contributed by atoms with van der Waals surface area (Å²) in [6.45, 7) is 5.78. The second-order valence-corrected chi connectivity index (χ2v) is 6.17. The lowest BCUT2D eigenvalue weighted by Crippen LogP contribution is -2.42. The number of thiophene rings is 1. The van der Waals surface area contributed by atoms with E-state index in [4.69, 9.17) is 4.74 Å². The van der Waals surface area contributed by atoms with E-state index in [1.54, 1.807) is 11.3 Å². The zero-order valence-corrected chi connectivity index (χ0v) is 10.7. The Balaban J connectivity index is 1.90. The van der Waals surface area contributed by atoms with Crippen LogP contribution in [0.2, 0.25) is 0 Å². The Kier molecular flexibility index (Phi) is 2.93. The van der Waals surface area contributed by atoms with Gasteiger partial charge in [0, 0.05) is 15.8 Å². The second kappa shape index (κ2) is 4.09. The molecule has 16 heavy (non-hydrogen) atoms. The molecule has 1 aromatic rings. The predicted molar refractivity (Wildman–Crippen MR) is 65.2 cm³/mol. The van der Waals surface area contributed by atoms with Crippen molar-refractivity contribution in [2.45, 2.75) is 45.1 Å². The molecule has 1 heterocycles. The van der Waals surface area contributed by atoms with Crippen molar-refractivity contribution in [3.8, 4) is 5.75 Å². The fraction of sp³-hybridized carbons (Fsp3) is 0.583. The fourth-order valence-electron chi connectivity index (χ4n) is 1.41. The summed E-state index contributed by atoms with van der Waals surface area (Å²) < 4.78 is 5.21. The van der Waals surface area contributed by atoms with E-state index in [1.807, 2.05) is 32.2 Å². The third-order valence-corrected chi connectivity index (χ3v) is 3.34. The fourth-order valence-corrected chi connectivity index (χ4v) is 2.39. The Morgan fingerprint density at radius 3 is 2.75 bits per heavy atom. The molecule has 0 saturated heterocycles. The molecule has 2 rings (SSSR count). The standard InChI is InChI=1S/C12H17NO2S/c1-12(2,3)13-11(14)15-9-6-10(16-7-9)8-4-5-8/h6-8H,4-5H2,1-3H3,(H,13,14). The summed E-state index contributed by atoms with van der Waals surface area (Å²) in [6, 6.07) is 1.98. The normalized spacial score (nSPS) is 15.9. The van der Waals surface area contributed by atoms with Gasteiger partial charge in [0.25, 0.3) is 0 Å². The highest BCUT2D eigenvalue weighted by Gasteiger charge is 2.25. The number of rotatable bonds is 2. The Morgan fingerprint density at radius 1 is 1.50 bits per heavy atom. The molecule has 4 heteroatoms. The van der Waals surface area contributed by atoms with E-state index in [-0.39, 0.29) is 11.6 Å². The molecule has 0 aliphatic heterocycles. The molecule has 88 valence electrons. The molecule has 1 aliphatic rings. The third-order valence-electron chi connectivity index (χ3n) is 2.26. The second-order valence-electron chi connectivity index (χ2n) is 5.22. The molecule has 0 aromatic carbocycles. The Hall–Kier alpha value is -1.03. The average molecular weight is 239 g/mol. The predicted octanol–water partition coefficient (Wildman–Crippen LogP) is 3.51. The molecule has 1 amide bonds. The molecular weight excluding hydrogens is 222 g/mol. The molecule has 1 fully saturated rings. The highest BCUT2D eigenvalue weighted by atomic mass is 32.1. The van der Waals surface area contributed by atoms with E-state index in [2.05, 4.69) is 5.32 Å². The Morgan fingerprint density at radius 2 is 2.19 bits per heavy atom. The van der Waals surface area contributed by atoms with E-state index in [0.29, 0.717) is 11.7 Å². The first-order valence-electron chi connectivity index (χ1n) is 5.52. The van der Waals surface area contributed by atoms with Gasteiger partial charge in [0.05, 0.1) is 0 Å². The first-order chi connectivity index (χ1) is 7.44. The van der Waals surface area contributed by atoms with E-state index < -0.39 is 0 Å². The van der Waals surface area contributed by atoms with E-state index in [9.17, 15) is 4.79 Å². The summed E-state index contributed by atoms with van der Waals surface area (Å²) in [4.78, 5) is 12.8. The maximum Gasteiger partial charge on any atom is 0.413 e. The van der Waals surface area contributed by atoms with Gasteiger partial charge in [-0.25, -0.2) is 4.79 Å². The lowest BCUT2D eigenvalue weighted by molar-refractivity contribution is 0.191. The quantitative estimate of drug-likeness (QED) is 0.857. The van der Waals surface area contributed by atoms with Gasteiger partial charge < -0.3 is 10.1 Å². The van der Waals surface area contributed by atoms with Crippen LogP contribution in [-0.4, -0.2) is 11.6 Å². The Bertz CT molecular complexity index is 388. The summed E-state index contributed by atoms with van der Waals surface area (Å²) in [5, 5.41) is 4.66. The molecule has 1 aliphatic carbocycles. The van der Waals surface area contributed by atoms with Crippen LogP contribution in [0.4, 0.5) is 4.79 Å². The van der Waals surface area contributed by atoms with E-state index in [1.165, 1.54) is 17.7 Å². The number of carbonyl (C=O) groups excluding carboxylic acids is 1. The summed E-state index contributed by atoms with van der Waals surface area (Å²) in [7, 11) is 0. The van der Waals surface area contributed by atoms with Crippen molar-refractivity contribution in [2.24, 2.45) is 0 Å². The summed E-state index contributed by atoms with van der Waals surface area (Å²) in [5.41, 5.74) is -0.258. The van der Waals surface area contributed by atoms with E-state index in [0.717, 1.165) is 0 Å². The van der Waals surface area contributed by atoms with Gasteiger partial charge in [-0.1, -0.05) is 0 Å². The molecular formula is C12H17NO2S. The minimum absolute atomic E-state index is 0.258. The smallest absolute Gasteiger partial charge is 0.409 e. The molecule has 0 spiro atoms. The number of amides is 1. The van der Waals surface area contributed by atoms with Gasteiger partial charge in [-0.2, -0.15) is 0 Å². The molecule has 0 bridgehead atoms. The van der Waals surface area contributed by atoms with Crippen molar-refractivity contribution in [3.05, 3.63) is 16.3 Å². The topological polar surface area (TPSA) is 38.3 Å². The summed E-state index contributed by atoms with van der Waals surface area (Å²) in [5.74, 6) is 1.38. The lowest BCUT2D eigenvalue weighted by Gasteiger charge is -2.19. The van der Waals surface area contributed by atoms with Crippen LogP contribution in [0, 0.1) is 0 Å². The highest BCUT2D eigenvalue weighted by Crippen LogP contribution is 2.44. The van der Waals surface area contributed by atoms with Crippen molar-refractivity contribution < 1.29 is 9.53 Å². The first-order valence-corrected chi connectivity index (χ1v) is 6.40. The van der Waals surface area contributed by atoms with Crippen LogP contribution in [0.1, 0.15) is 44.4 Å². The van der Waals surface area contributed by atoms with Gasteiger partial charge in [0.15, 0.2) is 0 Å². The van der Waals surface area contributed by atoms with Crippen molar-refractivity contribution in [3.63, 3.8) is 0 Å². The number of ether oxygens (including phenoxy) is 1. The van der Waals surface area contributed by atoms with Crippen molar-refractivity contribution >= 4 is 17.4 Å². The largest absolute Gasteiger partial charge is 0.413 e. The van der Waals surface area contributed by atoms with Crippen LogP contribution in [0.3, 0.4) is 0 Å². The first kappa shape index (κ1) is 11.5. The van der Waals surface area contributed by atoms with Crippen molar-refractivity contribution in [2.75, 3.05) is 0 Å². The number of hydrogen-bond acceptors (Lipinski definition) is 3. The van der Waals surface area contributed by atoms with Crippen LogP contribution >= 0.6 is 11.3 Å². The number of carbonyl (C=O) groups is 1. The van der Waals surface area contributed by atoms with Crippen molar-refractivity contribution in [1.82, 2.24) is 5.32 Å². The maximum absolute atomic E-state index is 11.5. The van der Waals surface area contributed by atoms with Gasteiger partial charge in [-0.3, -0.25) is 0 Å². The molecule has 1 aromatic heterocycles. The van der Waals surface area contributed by atoms with Crippen LogP contribution in [-0.2, 0) is 0 Å². The van der Waals surface area contributed by atoms with Crippen LogP contribution in [0.15, 0.2) is 11.4 Å². The maximum atomic E-state index is 11.5. The van der Waals surface area contributed by atoms with Crippen LogP contribution in [0.25, 0.3) is 0 Å². The number of nitrogens with one attached hydrogen (secondary N) is 1. The van der Waals surface area contributed by atoms with Gasteiger partial charge >= 0.3 is 6.09 Å². The van der Waals surface area contributed by atoms with Gasteiger partial charge in [0.2, 0.25) is 0 Å². The average Bonchev–Trinajstić information content (AvgIpc) is 2.85. The zero-order chi connectivity index (χ0) is 11.8. The summed E-state index contributed by atoms with van der Waals surface area (Å²) in [6.07, 6.45) is 2.16. The van der Waals surface area contributed by atoms with Crippen LogP contribution in [0.5, 0.6) is 5.75 Å². The van der Waals surface area contributed by atoms with Gasteiger partial charge in [-0.15, -0.1) is 11.3 Å². The van der Waals surface area contributed by atoms with Crippen molar-refractivity contribution in [1.29, 1.82) is 0 Å². The highest BCUT2D eigenvalue weighted by molar-refractivity contribution is 7.10. The molecule has 0 radical (unpaired) electrons. The van der Waals surface area contributed by atoms with Gasteiger partial charge in [-0.05, 0) is 45.6 Å². The van der Waals surface area contributed by atoms with E-state index >= 15 is 0 Å². The van der Waals surface area contributed by atoms with Crippen LogP contribution < -0.4 is 10.1 Å². The third kappa shape index (κ3) is 3.23. The van der Waals surface area contributed by atoms with Gasteiger partial charge in [0.1, 0.15) is 5.75 Å². The lowest BCUT2D eigenvalue weighted by atomic mass is 10.1.